The van der Waals surface area contributed by atoms with Crippen LogP contribution in [0.15, 0.2) is 48.5 Å². The lowest BCUT2D eigenvalue weighted by Crippen LogP contribution is -2.39. The van der Waals surface area contributed by atoms with E-state index in [2.05, 4.69) is 0 Å². The molecule has 1 aliphatic heterocycles. The molecule has 102 valence electrons. The molecule has 0 N–H and O–H groups in total. The lowest BCUT2D eigenvalue weighted by Gasteiger charge is -2.24. The molecule has 1 heterocycles. The quantitative estimate of drug-likeness (QED) is 0.621. The van der Waals surface area contributed by atoms with Gasteiger partial charge in [-0.15, -0.1) is 0 Å². The van der Waals surface area contributed by atoms with E-state index < -0.39 is 12.1 Å². The molecule has 1 aliphatic rings. The second kappa shape index (κ2) is 5.25. The minimum Gasteiger partial charge on any atom is -0.485 e. The summed E-state index contributed by atoms with van der Waals surface area (Å²) in [7, 11) is 0. The van der Waals surface area contributed by atoms with E-state index in [9.17, 15) is 4.79 Å². The molecule has 0 unspecified atom stereocenters. The summed E-state index contributed by atoms with van der Waals surface area (Å²) in [4.78, 5) is 12.0. The fourth-order valence-electron chi connectivity index (χ4n) is 1.92. The average molecular weight is 270 g/mol. The molecule has 2 aromatic rings. The minimum absolute atomic E-state index is 0.154. The molecule has 0 saturated carbocycles. The zero-order valence-electron chi connectivity index (χ0n) is 11.0. The van der Waals surface area contributed by atoms with Crippen LogP contribution in [0.2, 0.25) is 0 Å². The Morgan fingerprint density at radius 2 is 1.80 bits per heavy atom. The summed E-state index contributed by atoms with van der Waals surface area (Å²) in [6.07, 6.45) is -0.744. The predicted octanol–water partition coefficient (Wildman–Crippen LogP) is 2.74. The highest BCUT2D eigenvalue weighted by Gasteiger charge is 2.28. The minimum atomic E-state index is -0.744. The monoisotopic (exact) mass is 270 g/mol. The molecular formula is C16H14O4. The molecule has 2 aromatic carbocycles. The maximum absolute atomic E-state index is 12.0. The maximum Gasteiger partial charge on any atom is 0.356 e. The fourth-order valence-corrected chi connectivity index (χ4v) is 1.92. The molecule has 0 fully saturated rings. The van der Waals surface area contributed by atoms with E-state index in [0.29, 0.717) is 17.2 Å². The third kappa shape index (κ3) is 2.59. The van der Waals surface area contributed by atoms with E-state index >= 15 is 0 Å². The lowest BCUT2D eigenvalue weighted by atomic mass is 10.2. The number of hydrogen-bond donors (Lipinski definition) is 0. The van der Waals surface area contributed by atoms with Crippen LogP contribution in [-0.4, -0.2) is 18.7 Å². The summed E-state index contributed by atoms with van der Waals surface area (Å²) < 4.78 is 16.4. The van der Waals surface area contributed by atoms with Gasteiger partial charge in [-0.1, -0.05) is 29.8 Å². The first kappa shape index (κ1) is 12.5. The lowest BCUT2D eigenvalue weighted by molar-refractivity contribution is -0.144. The Morgan fingerprint density at radius 3 is 2.55 bits per heavy atom. The van der Waals surface area contributed by atoms with Gasteiger partial charge in [-0.25, -0.2) is 4.79 Å². The van der Waals surface area contributed by atoms with E-state index in [0.717, 1.165) is 5.56 Å². The van der Waals surface area contributed by atoms with Gasteiger partial charge in [0.1, 0.15) is 12.4 Å². The van der Waals surface area contributed by atoms with Crippen molar-refractivity contribution in [1.29, 1.82) is 0 Å². The summed E-state index contributed by atoms with van der Waals surface area (Å²) in [5.74, 6) is 1.25. The van der Waals surface area contributed by atoms with E-state index in [1.54, 1.807) is 24.3 Å². The van der Waals surface area contributed by atoms with Crippen LogP contribution in [0.4, 0.5) is 0 Å². The normalized spacial score (nSPS) is 16.6. The van der Waals surface area contributed by atoms with E-state index in [-0.39, 0.29) is 6.61 Å². The van der Waals surface area contributed by atoms with Gasteiger partial charge in [0.15, 0.2) is 11.5 Å². The molecule has 1 atom stereocenters. The summed E-state index contributed by atoms with van der Waals surface area (Å²) in [6, 6.07) is 14.5. The first-order chi connectivity index (χ1) is 9.72. The van der Waals surface area contributed by atoms with Crippen LogP contribution in [0.5, 0.6) is 17.2 Å². The van der Waals surface area contributed by atoms with Gasteiger partial charge in [0, 0.05) is 0 Å². The van der Waals surface area contributed by atoms with Crippen molar-refractivity contribution in [1.82, 2.24) is 0 Å². The summed E-state index contributed by atoms with van der Waals surface area (Å²) >= 11 is 0. The first-order valence-electron chi connectivity index (χ1n) is 6.39. The number of carbonyl (C=O) groups excluding carboxylic acids is 1. The number of fused-ring (bicyclic) bond motifs is 1. The highest BCUT2D eigenvalue weighted by molar-refractivity contribution is 5.78. The van der Waals surface area contributed by atoms with Crippen molar-refractivity contribution in [3.63, 3.8) is 0 Å². The Labute approximate surface area is 116 Å². The van der Waals surface area contributed by atoms with Crippen LogP contribution in [-0.2, 0) is 4.79 Å². The average Bonchev–Trinajstić information content (AvgIpc) is 2.49. The zero-order chi connectivity index (χ0) is 13.9. The topological polar surface area (TPSA) is 44.8 Å². The highest BCUT2D eigenvalue weighted by atomic mass is 16.6. The number of carbonyl (C=O) groups is 1. The SMILES string of the molecule is Cc1ccc(OC(=O)[C@@H]2COc3ccccc3O2)cc1. The van der Waals surface area contributed by atoms with Gasteiger partial charge in [-0.2, -0.15) is 0 Å². The maximum atomic E-state index is 12.0. The third-order valence-corrected chi connectivity index (χ3v) is 3.01. The van der Waals surface area contributed by atoms with E-state index in [1.165, 1.54) is 0 Å². The van der Waals surface area contributed by atoms with Crippen molar-refractivity contribution in [2.75, 3.05) is 6.61 Å². The summed E-state index contributed by atoms with van der Waals surface area (Å²) in [6.45, 7) is 2.13. The molecule has 0 aromatic heterocycles. The molecule has 0 bridgehead atoms. The number of ether oxygens (including phenoxy) is 3. The van der Waals surface area contributed by atoms with Crippen molar-refractivity contribution >= 4 is 5.97 Å². The zero-order valence-corrected chi connectivity index (χ0v) is 11.0. The van der Waals surface area contributed by atoms with Crippen LogP contribution >= 0.6 is 0 Å². The molecule has 0 amide bonds. The number of hydrogen-bond acceptors (Lipinski definition) is 4. The van der Waals surface area contributed by atoms with Gasteiger partial charge < -0.3 is 14.2 Å². The van der Waals surface area contributed by atoms with Crippen LogP contribution in [0, 0.1) is 6.92 Å². The number of para-hydroxylation sites is 2. The first-order valence-corrected chi connectivity index (χ1v) is 6.39. The molecule has 0 aliphatic carbocycles. The summed E-state index contributed by atoms with van der Waals surface area (Å²) in [5, 5.41) is 0. The molecule has 0 saturated heterocycles. The van der Waals surface area contributed by atoms with Crippen LogP contribution in [0.1, 0.15) is 5.56 Å². The van der Waals surface area contributed by atoms with Crippen LogP contribution in [0.25, 0.3) is 0 Å². The Morgan fingerprint density at radius 1 is 1.10 bits per heavy atom. The van der Waals surface area contributed by atoms with Crippen molar-refractivity contribution in [3.8, 4) is 17.2 Å². The Balaban J connectivity index is 1.68. The molecule has 4 heteroatoms. The third-order valence-electron chi connectivity index (χ3n) is 3.01. The second-order valence-electron chi connectivity index (χ2n) is 4.60. The number of benzene rings is 2. The van der Waals surface area contributed by atoms with Gasteiger partial charge in [0.25, 0.3) is 0 Å². The second-order valence-corrected chi connectivity index (χ2v) is 4.60. The highest BCUT2D eigenvalue weighted by Crippen LogP contribution is 2.31. The van der Waals surface area contributed by atoms with Crippen molar-refractivity contribution in [2.45, 2.75) is 13.0 Å². The summed E-state index contributed by atoms with van der Waals surface area (Å²) in [5.41, 5.74) is 1.11. The van der Waals surface area contributed by atoms with Gasteiger partial charge in [0.2, 0.25) is 6.10 Å². The number of rotatable bonds is 2. The Bertz CT molecular complexity index is 619. The Kier molecular flexibility index (Phi) is 3.29. The van der Waals surface area contributed by atoms with E-state index in [4.69, 9.17) is 14.2 Å². The van der Waals surface area contributed by atoms with Gasteiger partial charge in [0.05, 0.1) is 0 Å². The molecular weight excluding hydrogens is 256 g/mol. The van der Waals surface area contributed by atoms with Gasteiger partial charge >= 0.3 is 5.97 Å². The van der Waals surface area contributed by atoms with Crippen LogP contribution < -0.4 is 14.2 Å². The van der Waals surface area contributed by atoms with Crippen molar-refractivity contribution < 1.29 is 19.0 Å². The van der Waals surface area contributed by atoms with Gasteiger partial charge in [-0.05, 0) is 31.2 Å². The molecule has 20 heavy (non-hydrogen) atoms. The van der Waals surface area contributed by atoms with Crippen LogP contribution in [0.3, 0.4) is 0 Å². The van der Waals surface area contributed by atoms with Crippen molar-refractivity contribution in [2.24, 2.45) is 0 Å². The largest absolute Gasteiger partial charge is 0.485 e. The standard InChI is InChI=1S/C16H14O4/c1-11-6-8-12(9-7-11)19-16(17)15-10-18-13-4-2-3-5-14(13)20-15/h2-9,15H,10H2,1H3/t15-/m0/s1. The van der Waals surface area contributed by atoms with Gasteiger partial charge in [-0.3, -0.25) is 0 Å². The molecule has 0 spiro atoms. The van der Waals surface area contributed by atoms with E-state index in [1.807, 2.05) is 31.2 Å². The Hall–Kier alpha value is -2.49. The molecule has 4 nitrogen and oxygen atoms in total. The predicted molar refractivity (Wildman–Crippen MR) is 73.2 cm³/mol. The number of aryl methyl sites for hydroxylation is 1. The fraction of sp³-hybridized carbons (Fsp3) is 0.188. The number of esters is 1. The smallest absolute Gasteiger partial charge is 0.356 e. The molecule has 0 radical (unpaired) electrons. The van der Waals surface area contributed by atoms with Crippen molar-refractivity contribution in [3.05, 3.63) is 54.1 Å². The molecule has 3 rings (SSSR count).